The van der Waals surface area contributed by atoms with E-state index in [0.717, 1.165) is 0 Å². The van der Waals surface area contributed by atoms with Crippen molar-refractivity contribution < 1.29 is 13.2 Å². The van der Waals surface area contributed by atoms with E-state index in [1.807, 2.05) is 0 Å². The summed E-state index contributed by atoms with van der Waals surface area (Å²) < 4.78 is 22.9. The van der Waals surface area contributed by atoms with Gasteiger partial charge in [-0.25, -0.2) is 13.4 Å². The van der Waals surface area contributed by atoms with E-state index < -0.39 is 15.4 Å². The predicted octanol–water partition coefficient (Wildman–Crippen LogP) is 1.04. The van der Waals surface area contributed by atoms with Crippen molar-refractivity contribution in [2.24, 2.45) is 0 Å². The van der Waals surface area contributed by atoms with E-state index in [0.29, 0.717) is 12.0 Å². The third-order valence-electron chi connectivity index (χ3n) is 2.91. The first-order valence-electron chi connectivity index (χ1n) is 5.44. The maximum absolute atomic E-state index is 12.0. The van der Waals surface area contributed by atoms with Gasteiger partial charge >= 0.3 is 0 Å². The molecule has 1 amide bonds. The van der Waals surface area contributed by atoms with E-state index in [4.69, 9.17) is 11.6 Å². The number of nitrogens with zero attached hydrogens (tertiary/aromatic N) is 1. The number of sulfone groups is 1. The van der Waals surface area contributed by atoms with Gasteiger partial charge in [0.15, 0.2) is 9.84 Å². The van der Waals surface area contributed by atoms with Gasteiger partial charge < -0.3 is 5.32 Å². The van der Waals surface area contributed by atoms with Gasteiger partial charge in [-0.2, -0.15) is 0 Å². The lowest BCUT2D eigenvalue weighted by Crippen LogP contribution is -2.46. The fourth-order valence-corrected chi connectivity index (χ4v) is 4.27. The number of rotatable bonds is 2. The van der Waals surface area contributed by atoms with Gasteiger partial charge in [0.2, 0.25) is 0 Å². The summed E-state index contributed by atoms with van der Waals surface area (Å²) in [6.07, 6.45) is 1.87. The lowest BCUT2D eigenvalue weighted by atomic mass is 10.0. The fourth-order valence-electron chi connectivity index (χ4n) is 2.00. The molecule has 5 nitrogen and oxygen atoms in total. The molecule has 0 bridgehead atoms. The Bertz CT molecular complexity index is 588. The van der Waals surface area contributed by atoms with Crippen molar-refractivity contribution >= 4 is 27.3 Å². The number of nitrogens with one attached hydrogen (secondary N) is 1. The zero-order valence-corrected chi connectivity index (χ0v) is 11.4. The van der Waals surface area contributed by atoms with Crippen molar-refractivity contribution in [1.29, 1.82) is 0 Å². The molecule has 2 heterocycles. The minimum atomic E-state index is -3.04. The van der Waals surface area contributed by atoms with Crippen LogP contribution in [0, 0.1) is 0 Å². The molecule has 1 atom stereocenters. The van der Waals surface area contributed by atoms with E-state index >= 15 is 0 Å². The molecule has 1 aromatic rings. The number of carbonyl (C=O) groups excluding carboxylic acids is 1. The fraction of sp³-hybridized carbons (Fsp3) is 0.455. The second-order valence-electron chi connectivity index (χ2n) is 4.72. The van der Waals surface area contributed by atoms with Crippen molar-refractivity contribution in [2.75, 3.05) is 11.5 Å². The van der Waals surface area contributed by atoms with Crippen LogP contribution in [-0.4, -0.2) is 36.4 Å². The number of aromatic nitrogens is 1. The first-order chi connectivity index (χ1) is 8.30. The van der Waals surface area contributed by atoms with E-state index in [1.54, 1.807) is 6.92 Å². The van der Waals surface area contributed by atoms with E-state index in [9.17, 15) is 13.2 Å². The van der Waals surface area contributed by atoms with Crippen LogP contribution in [0.1, 0.15) is 23.7 Å². The largest absolute Gasteiger partial charge is 0.346 e. The number of pyridine rings is 1. The molecule has 1 aromatic heterocycles. The minimum absolute atomic E-state index is 0.0233. The standard InChI is InChI=1S/C11H13ClN2O3S/c1-11(3-5-18(16,17)7-11)14-10(15)8-2-4-13-9(12)6-8/h2,4,6H,3,5,7H2,1H3,(H,14,15). The quantitative estimate of drug-likeness (QED) is 0.825. The molecule has 98 valence electrons. The molecular weight excluding hydrogens is 276 g/mol. The SMILES string of the molecule is CC1(NC(=O)c2ccnc(Cl)c2)CCS(=O)(=O)C1. The number of carbonyl (C=O) groups is 1. The Balaban J connectivity index is 2.13. The Morgan fingerprint density at radius 2 is 2.28 bits per heavy atom. The van der Waals surface area contributed by atoms with Gasteiger partial charge in [-0.15, -0.1) is 0 Å². The summed E-state index contributed by atoms with van der Waals surface area (Å²) in [5.41, 5.74) is -0.327. The highest BCUT2D eigenvalue weighted by Crippen LogP contribution is 2.23. The second kappa shape index (κ2) is 4.51. The molecule has 0 aromatic carbocycles. The van der Waals surface area contributed by atoms with Crippen molar-refractivity contribution in [2.45, 2.75) is 18.9 Å². The number of halogens is 1. The summed E-state index contributed by atoms with van der Waals surface area (Å²) in [4.78, 5) is 15.8. The van der Waals surface area contributed by atoms with E-state index in [1.165, 1.54) is 18.3 Å². The molecule has 2 rings (SSSR count). The Morgan fingerprint density at radius 1 is 1.56 bits per heavy atom. The van der Waals surface area contributed by atoms with Crippen molar-refractivity contribution in [3.63, 3.8) is 0 Å². The average Bonchev–Trinajstić information content (AvgIpc) is 2.52. The van der Waals surface area contributed by atoms with Gasteiger partial charge in [0.25, 0.3) is 5.91 Å². The average molecular weight is 289 g/mol. The van der Waals surface area contributed by atoms with Gasteiger partial charge in [0, 0.05) is 11.8 Å². The first kappa shape index (κ1) is 13.3. The Hall–Kier alpha value is -1.14. The summed E-state index contributed by atoms with van der Waals surface area (Å²) >= 11 is 5.70. The molecule has 0 radical (unpaired) electrons. The van der Waals surface area contributed by atoms with Crippen LogP contribution in [0.3, 0.4) is 0 Å². The molecule has 0 aliphatic carbocycles. The van der Waals surface area contributed by atoms with Crippen LogP contribution in [0.25, 0.3) is 0 Å². The van der Waals surface area contributed by atoms with Crippen molar-refractivity contribution in [3.8, 4) is 0 Å². The van der Waals surface area contributed by atoms with Crippen LogP contribution >= 0.6 is 11.6 Å². The molecule has 1 aliphatic heterocycles. The molecule has 0 saturated carbocycles. The Kier molecular flexibility index (Phi) is 3.33. The molecule has 1 fully saturated rings. The number of hydrogen-bond donors (Lipinski definition) is 1. The molecule has 1 unspecified atom stereocenters. The van der Waals surface area contributed by atoms with Crippen molar-refractivity contribution in [3.05, 3.63) is 29.0 Å². The van der Waals surface area contributed by atoms with Gasteiger partial charge in [-0.1, -0.05) is 11.6 Å². The minimum Gasteiger partial charge on any atom is -0.346 e. The van der Waals surface area contributed by atoms with Gasteiger partial charge in [0.05, 0.1) is 17.0 Å². The van der Waals surface area contributed by atoms with Gasteiger partial charge in [0.1, 0.15) is 5.15 Å². The zero-order valence-electron chi connectivity index (χ0n) is 9.81. The lowest BCUT2D eigenvalue weighted by molar-refractivity contribution is 0.0915. The molecule has 1 N–H and O–H groups in total. The zero-order chi connectivity index (χ0) is 13.4. The van der Waals surface area contributed by atoms with Crippen molar-refractivity contribution in [1.82, 2.24) is 10.3 Å². The smallest absolute Gasteiger partial charge is 0.251 e. The normalized spacial score (nSPS) is 25.9. The molecule has 0 spiro atoms. The maximum atomic E-state index is 12.0. The third-order valence-corrected chi connectivity index (χ3v) is 5.02. The highest BCUT2D eigenvalue weighted by atomic mass is 35.5. The molecule has 1 saturated heterocycles. The predicted molar refractivity (Wildman–Crippen MR) is 68.4 cm³/mol. The summed E-state index contributed by atoms with van der Waals surface area (Å²) in [5, 5.41) is 2.98. The van der Waals surface area contributed by atoms with E-state index in [-0.39, 0.29) is 22.6 Å². The highest BCUT2D eigenvalue weighted by Gasteiger charge is 2.39. The molecule has 18 heavy (non-hydrogen) atoms. The maximum Gasteiger partial charge on any atom is 0.251 e. The van der Waals surface area contributed by atoms with E-state index in [2.05, 4.69) is 10.3 Å². The van der Waals surface area contributed by atoms with Gasteiger partial charge in [-0.05, 0) is 25.5 Å². The molecule has 7 heteroatoms. The number of hydrogen-bond acceptors (Lipinski definition) is 4. The monoisotopic (exact) mass is 288 g/mol. The van der Waals surface area contributed by atoms with Crippen LogP contribution in [0.15, 0.2) is 18.3 Å². The summed E-state index contributed by atoms with van der Waals surface area (Å²) in [7, 11) is -3.04. The highest BCUT2D eigenvalue weighted by molar-refractivity contribution is 7.91. The Morgan fingerprint density at radius 3 is 2.83 bits per heavy atom. The molecule has 1 aliphatic rings. The second-order valence-corrected chi connectivity index (χ2v) is 7.30. The summed E-state index contributed by atoms with van der Waals surface area (Å²) in [6.45, 7) is 1.73. The van der Waals surface area contributed by atoms with Crippen LogP contribution < -0.4 is 5.32 Å². The van der Waals surface area contributed by atoms with Crippen LogP contribution in [-0.2, 0) is 9.84 Å². The number of amides is 1. The summed E-state index contributed by atoms with van der Waals surface area (Å²) in [6, 6.07) is 2.98. The third kappa shape index (κ3) is 3.00. The Labute approximate surface area is 110 Å². The van der Waals surface area contributed by atoms with Crippen LogP contribution in [0.4, 0.5) is 0 Å². The van der Waals surface area contributed by atoms with Crippen LogP contribution in [0.5, 0.6) is 0 Å². The van der Waals surface area contributed by atoms with Gasteiger partial charge in [-0.3, -0.25) is 4.79 Å². The lowest BCUT2D eigenvalue weighted by Gasteiger charge is -2.23. The first-order valence-corrected chi connectivity index (χ1v) is 7.64. The summed E-state index contributed by atoms with van der Waals surface area (Å²) in [5.74, 6) is -0.246. The topological polar surface area (TPSA) is 76.1 Å². The molecular formula is C11H13ClN2O3S. The van der Waals surface area contributed by atoms with Crippen LogP contribution in [0.2, 0.25) is 5.15 Å².